The van der Waals surface area contributed by atoms with Crippen LogP contribution in [0.1, 0.15) is 13.8 Å². The highest BCUT2D eigenvalue weighted by Gasteiger charge is 2.26. The molecule has 0 spiro atoms. The number of nitrogen functional groups attached to an aromatic ring is 1. The van der Waals surface area contributed by atoms with Crippen LogP contribution in [0.25, 0.3) is 0 Å². The molecule has 2 unspecified atom stereocenters. The highest BCUT2D eigenvalue weighted by atomic mass is 35.5. The Kier molecular flexibility index (Phi) is 5.66. The molecule has 7 heteroatoms. The van der Waals surface area contributed by atoms with Gasteiger partial charge in [0.15, 0.2) is 0 Å². The van der Waals surface area contributed by atoms with Gasteiger partial charge in [-0.3, -0.25) is 9.69 Å². The molecule has 1 aromatic rings. The van der Waals surface area contributed by atoms with Crippen molar-refractivity contribution in [2.75, 3.05) is 29.9 Å². The van der Waals surface area contributed by atoms with Crippen LogP contribution in [-0.2, 0) is 4.79 Å². The first-order valence-electron chi connectivity index (χ1n) is 6.78. The molecule has 0 aliphatic carbocycles. The van der Waals surface area contributed by atoms with Crippen molar-refractivity contribution in [1.29, 1.82) is 0 Å². The molecule has 3 N–H and O–H groups in total. The van der Waals surface area contributed by atoms with Crippen molar-refractivity contribution < 1.29 is 4.79 Å². The van der Waals surface area contributed by atoms with Crippen LogP contribution < -0.4 is 11.1 Å². The minimum absolute atomic E-state index is 0.114. The number of carbonyl (C=O) groups excluding carboxylic acids is 1. The molecule has 2 rings (SSSR count). The van der Waals surface area contributed by atoms with Crippen LogP contribution in [0, 0.1) is 0 Å². The van der Waals surface area contributed by atoms with E-state index in [1.165, 1.54) is 0 Å². The van der Waals surface area contributed by atoms with E-state index < -0.39 is 0 Å². The molecule has 1 fully saturated rings. The summed E-state index contributed by atoms with van der Waals surface area (Å²) in [6.07, 6.45) is 0. The quantitative estimate of drug-likeness (QED) is 0.823. The fourth-order valence-electron chi connectivity index (χ4n) is 2.31. The average molecular weight is 348 g/mol. The van der Waals surface area contributed by atoms with Crippen LogP contribution in [-0.4, -0.2) is 40.9 Å². The molecule has 21 heavy (non-hydrogen) atoms. The van der Waals surface area contributed by atoms with Crippen molar-refractivity contribution in [3.8, 4) is 0 Å². The van der Waals surface area contributed by atoms with Gasteiger partial charge in [-0.05, 0) is 19.1 Å². The number of amides is 1. The number of benzene rings is 1. The zero-order chi connectivity index (χ0) is 15.6. The maximum atomic E-state index is 12.2. The molecule has 0 aromatic heterocycles. The van der Waals surface area contributed by atoms with Gasteiger partial charge in [0, 0.05) is 28.6 Å². The van der Waals surface area contributed by atoms with E-state index in [9.17, 15) is 4.79 Å². The molecule has 2 atom stereocenters. The normalized spacial score (nSPS) is 23.0. The van der Waals surface area contributed by atoms with Crippen molar-refractivity contribution >= 4 is 52.2 Å². The monoisotopic (exact) mass is 347 g/mol. The number of nitrogens with zero attached hydrogens (tertiary/aromatic N) is 1. The van der Waals surface area contributed by atoms with Crippen molar-refractivity contribution in [2.24, 2.45) is 0 Å². The molecule has 1 aromatic carbocycles. The van der Waals surface area contributed by atoms with Crippen LogP contribution in [0.5, 0.6) is 0 Å². The van der Waals surface area contributed by atoms with Crippen molar-refractivity contribution in [3.05, 3.63) is 22.2 Å². The van der Waals surface area contributed by atoms with Crippen LogP contribution in [0.2, 0.25) is 10.0 Å². The topological polar surface area (TPSA) is 58.4 Å². The highest BCUT2D eigenvalue weighted by Crippen LogP contribution is 2.32. The Bertz CT molecular complexity index is 518. The summed E-state index contributed by atoms with van der Waals surface area (Å²) in [4.78, 5) is 14.4. The smallest absolute Gasteiger partial charge is 0.238 e. The van der Waals surface area contributed by atoms with Gasteiger partial charge in [-0.2, -0.15) is 11.8 Å². The van der Waals surface area contributed by atoms with E-state index in [4.69, 9.17) is 28.9 Å². The fraction of sp³-hybridized carbons (Fsp3) is 0.500. The largest absolute Gasteiger partial charge is 0.397 e. The SMILES string of the molecule is CC1SCCN(CC(=O)Nc2c(N)cc(Cl)cc2Cl)C1C. The summed E-state index contributed by atoms with van der Waals surface area (Å²) >= 11 is 13.9. The summed E-state index contributed by atoms with van der Waals surface area (Å²) in [6.45, 7) is 5.58. The van der Waals surface area contributed by atoms with E-state index >= 15 is 0 Å². The minimum Gasteiger partial charge on any atom is -0.397 e. The molecular weight excluding hydrogens is 329 g/mol. The van der Waals surface area contributed by atoms with E-state index in [-0.39, 0.29) is 5.91 Å². The first-order chi connectivity index (χ1) is 9.88. The van der Waals surface area contributed by atoms with E-state index in [2.05, 4.69) is 24.1 Å². The van der Waals surface area contributed by atoms with E-state index in [1.807, 2.05) is 11.8 Å². The summed E-state index contributed by atoms with van der Waals surface area (Å²) in [7, 11) is 0. The number of nitrogens with one attached hydrogen (secondary N) is 1. The molecular formula is C14H19Cl2N3OS. The number of carbonyl (C=O) groups is 1. The summed E-state index contributed by atoms with van der Waals surface area (Å²) in [5.41, 5.74) is 6.65. The van der Waals surface area contributed by atoms with Gasteiger partial charge in [0.2, 0.25) is 5.91 Å². The predicted molar refractivity (Wildman–Crippen MR) is 92.5 cm³/mol. The predicted octanol–water partition coefficient (Wildman–Crippen LogP) is 3.34. The highest BCUT2D eigenvalue weighted by molar-refractivity contribution is 8.00. The molecule has 0 bridgehead atoms. The lowest BCUT2D eigenvalue weighted by molar-refractivity contribution is -0.117. The molecule has 0 saturated carbocycles. The van der Waals surface area contributed by atoms with E-state index in [0.29, 0.717) is 39.3 Å². The zero-order valence-corrected chi connectivity index (χ0v) is 14.4. The maximum Gasteiger partial charge on any atom is 0.238 e. The third kappa shape index (κ3) is 4.19. The maximum absolute atomic E-state index is 12.2. The van der Waals surface area contributed by atoms with Gasteiger partial charge in [0.25, 0.3) is 0 Å². The number of nitrogens with two attached hydrogens (primary N) is 1. The van der Waals surface area contributed by atoms with E-state index in [1.54, 1.807) is 12.1 Å². The first kappa shape index (κ1) is 16.7. The first-order valence-corrected chi connectivity index (χ1v) is 8.59. The molecule has 0 radical (unpaired) electrons. The summed E-state index contributed by atoms with van der Waals surface area (Å²) in [6, 6.07) is 3.51. The van der Waals surface area contributed by atoms with Gasteiger partial charge in [0.1, 0.15) is 0 Å². The number of anilines is 2. The summed E-state index contributed by atoms with van der Waals surface area (Å²) < 4.78 is 0. The Labute approximate surface area is 139 Å². The number of thioether (sulfide) groups is 1. The second kappa shape index (κ2) is 7.09. The molecule has 1 aliphatic heterocycles. The molecule has 1 amide bonds. The van der Waals surface area contributed by atoms with E-state index in [0.717, 1.165) is 12.3 Å². The molecule has 1 heterocycles. The third-order valence-corrected chi connectivity index (χ3v) is 5.57. The lowest BCUT2D eigenvalue weighted by Crippen LogP contribution is -2.47. The van der Waals surface area contributed by atoms with Crippen LogP contribution >= 0.6 is 35.0 Å². The van der Waals surface area contributed by atoms with Crippen LogP contribution in [0.3, 0.4) is 0 Å². The molecule has 4 nitrogen and oxygen atoms in total. The van der Waals surface area contributed by atoms with Crippen molar-refractivity contribution in [2.45, 2.75) is 25.1 Å². The van der Waals surface area contributed by atoms with Gasteiger partial charge in [-0.25, -0.2) is 0 Å². The Hall–Kier alpha value is -0.620. The molecule has 1 aliphatic rings. The molecule has 1 saturated heterocycles. The Morgan fingerprint density at radius 2 is 2.19 bits per heavy atom. The van der Waals surface area contributed by atoms with Gasteiger partial charge in [-0.1, -0.05) is 30.1 Å². The third-order valence-electron chi connectivity index (χ3n) is 3.71. The van der Waals surface area contributed by atoms with Crippen molar-refractivity contribution in [1.82, 2.24) is 4.90 Å². The second-order valence-electron chi connectivity index (χ2n) is 5.19. The Morgan fingerprint density at radius 3 is 2.86 bits per heavy atom. The zero-order valence-electron chi connectivity index (χ0n) is 12.0. The lowest BCUT2D eigenvalue weighted by atomic mass is 10.2. The number of hydrogen-bond donors (Lipinski definition) is 2. The Morgan fingerprint density at radius 1 is 1.48 bits per heavy atom. The van der Waals surface area contributed by atoms with Gasteiger partial charge < -0.3 is 11.1 Å². The average Bonchev–Trinajstić information content (AvgIpc) is 2.39. The number of hydrogen-bond acceptors (Lipinski definition) is 4. The summed E-state index contributed by atoms with van der Waals surface area (Å²) in [5.74, 6) is 0.930. The second-order valence-corrected chi connectivity index (χ2v) is 7.52. The minimum atomic E-state index is -0.114. The van der Waals surface area contributed by atoms with Gasteiger partial charge >= 0.3 is 0 Å². The van der Waals surface area contributed by atoms with Gasteiger partial charge in [-0.15, -0.1) is 0 Å². The lowest BCUT2D eigenvalue weighted by Gasteiger charge is -2.36. The van der Waals surface area contributed by atoms with Crippen LogP contribution in [0.4, 0.5) is 11.4 Å². The Balaban J connectivity index is 2.02. The fourth-order valence-corrected chi connectivity index (χ4v) is 4.03. The van der Waals surface area contributed by atoms with Gasteiger partial charge in [0.05, 0.1) is 22.9 Å². The summed E-state index contributed by atoms with van der Waals surface area (Å²) in [5, 5.41) is 4.11. The molecule has 116 valence electrons. The van der Waals surface area contributed by atoms with Crippen molar-refractivity contribution in [3.63, 3.8) is 0 Å². The number of halogens is 2. The standard InChI is InChI=1S/C14H19Cl2N3OS/c1-8-9(2)21-4-3-19(8)7-13(20)18-14-11(16)5-10(15)6-12(14)17/h5-6,8-9H,3-4,7,17H2,1-2H3,(H,18,20). The number of rotatable bonds is 3. The van der Waals surface area contributed by atoms with Crippen LogP contribution in [0.15, 0.2) is 12.1 Å².